The van der Waals surface area contributed by atoms with Crippen molar-refractivity contribution in [1.29, 1.82) is 0 Å². The van der Waals surface area contributed by atoms with E-state index in [1.54, 1.807) is 12.1 Å². The van der Waals surface area contributed by atoms with Crippen LogP contribution in [0.25, 0.3) is 0 Å². The number of amides is 1. The van der Waals surface area contributed by atoms with Crippen LogP contribution in [0.3, 0.4) is 0 Å². The van der Waals surface area contributed by atoms with Crippen molar-refractivity contribution in [3.63, 3.8) is 0 Å². The van der Waals surface area contributed by atoms with Gasteiger partial charge in [0.05, 0.1) is 0 Å². The Balaban J connectivity index is 1.43. The smallest absolute Gasteiger partial charge is 0.262 e. The van der Waals surface area contributed by atoms with Gasteiger partial charge in [0.1, 0.15) is 30.5 Å². The van der Waals surface area contributed by atoms with Crippen molar-refractivity contribution in [3.05, 3.63) is 84.4 Å². The predicted octanol–water partition coefficient (Wildman–Crippen LogP) is 5.46. The first-order valence-corrected chi connectivity index (χ1v) is 10.3. The second-order valence-electron chi connectivity index (χ2n) is 8.12. The van der Waals surface area contributed by atoms with Crippen molar-refractivity contribution in [3.8, 4) is 17.2 Å². The average Bonchev–Trinajstić information content (AvgIpc) is 2.77. The SMILES string of the molecule is CC(C)(C)c1ccccc1OCC(=O)Nc1ccc(OCCOc2ccccc2)cc1. The third-order valence-corrected chi connectivity index (χ3v) is 4.56. The summed E-state index contributed by atoms with van der Waals surface area (Å²) in [4.78, 5) is 12.3. The average molecular weight is 420 g/mol. The predicted molar refractivity (Wildman–Crippen MR) is 123 cm³/mol. The highest BCUT2D eigenvalue weighted by atomic mass is 16.5. The molecule has 0 radical (unpaired) electrons. The maximum Gasteiger partial charge on any atom is 0.262 e. The van der Waals surface area contributed by atoms with E-state index in [1.165, 1.54) is 0 Å². The molecule has 0 saturated heterocycles. The number of hydrogen-bond donors (Lipinski definition) is 1. The lowest BCUT2D eigenvalue weighted by atomic mass is 9.86. The zero-order valence-corrected chi connectivity index (χ0v) is 18.3. The monoisotopic (exact) mass is 419 g/mol. The summed E-state index contributed by atoms with van der Waals surface area (Å²) < 4.78 is 17.0. The summed E-state index contributed by atoms with van der Waals surface area (Å²) >= 11 is 0. The number of carbonyl (C=O) groups is 1. The van der Waals surface area contributed by atoms with Crippen LogP contribution in [-0.2, 0) is 10.2 Å². The molecule has 3 aromatic rings. The molecule has 1 N–H and O–H groups in total. The van der Waals surface area contributed by atoms with E-state index >= 15 is 0 Å². The van der Waals surface area contributed by atoms with Crippen molar-refractivity contribution in [2.24, 2.45) is 0 Å². The maximum atomic E-state index is 12.3. The highest BCUT2D eigenvalue weighted by Crippen LogP contribution is 2.30. The fourth-order valence-corrected chi connectivity index (χ4v) is 3.02. The van der Waals surface area contributed by atoms with E-state index in [0.29, 0.717) is 24.7 Å². The second kappa shape index (κ2) is 10.5. The first kappa shape index (κ1) is 22.2. The standard InChI is InChI=1S/C26H29NO4/c1-26(2,3)23-11-7-8-12-24(23)31-19-25(28)27-20-13-15-22(16-14-20)30-18-17-29-21-9-5-4-6-10-21/h4-16H,17-19H2,1-3H3,(H,27,28). The first-order chi connectivity index (χ1) is 14.9. The highest BCUT2D eigenvalue weighted by Gasteiger charge is 2.18. The Bertz CT molecular complexity index is 963. The zero-order chi connectivity index (χ0) is 22.1. The lowest BCUT2D eigenvalue weighted by Crippen LogP contribution is -2.21. The zero-order valence-electron chi connectivity index (χ0n) is 18.3. The van der Waals surface area contributed by atoms with Gasteiger partial charge in [-0.2, -0.15) is 0 Å². The minimum absolute atomic E-state index is 0.0534. The Morgan fingerprint density at radius 1 is 0.742 bits per heavy atom. The van der Waals surface area contributed by atoms with Crippen LogP contribution in [-0.4, -0.2) is 25.7 Å². The maximum absolute atomic E-state index is 12.3. The molecule has 0 spiro atoms. The lowest BCUT2D eigenvalue weighted by Gasteiger charge is -2.22. The topological polar surface area (TPSA) is 56.8 Å². The van der Waals surface area contributed by atoms with E-state index in [2.05, 4.69) is 26.1 Å². The number of benzene rings is 3. The van der Waals surface area contributed by atoms with Gasteiger partial charge in [-0.15, -0.1) is 0 Å². The van der Waals surface area contributed by atoms with Crippen LogP contribution >= 0.6 is 0 Å². The van der Waals surface area contributed by atoms with Gasteiger partial charge in [-0.3, -0.25) is 4.79 Å². The number of rotatable bonds is 9. The third-order valence-electron chi connectivity index (χ3n) is 4.56. The molecule has 0 bridgehead atoms. The molecule has 31 heavy (non-hydrogen) atoms. The molecule has 3 aromatic carbocycles. The summed E-state index contributed by atoms with van der Waals surface area (Å²) in [6.45, 7) is 7.19. The molecule has 0 atom stereocenters. The van der Waals surface area contributed by atoms with E-state index in [0.717, 1.165) is 17.1 Å². The summed E-state index contributed by atoms with van der Waals surface area (Å²) in [5.74, 6) is 2.04. The molecular weight excluding hydrogens is 390 g/mol. The van der Waals surface area contributed by atoms with Crippen molar-refractivity contribution in [2.45, 2.75) is 26.2 Å². The van der Waals surface area contributed by atoms with Gasteiger partial charge in [-0.05, 0) is 53.4 Å². The van der Waals surface area contributed by atoms with Crippen molar-refractivity contribution >= 4 is 11.6 Å². The Morgan fingerprint density at radius 2 is 1.32 bits per heavy atom. The first-order valence-electron chi connectivity index (χ1n) is 10.3. The van der Waals surface area contributed by atoms with Crippen LogP contribution in [0.1, 0.15) is 26.3 Å². The Hall–Kier alpha value is -3.47. The number of para-hydroxylation sites is 2. The summed E-state index contributed by atoms with van der Waals surface area (Å²) in [5.41, 5.74) is 1.70. The van der Waals surface area contributed by atoms with Crippen LogP contribution in [0.5, 0.6) is 17.2 Å². The Kier molecular flexibility index (Phi) is 7.55. The normalized spacial score (nSPS) is 10.9. The van der Waals surface area contributed by atoms with Gasteiger partial charge >= 0.3 is 0 Å². The van der Waals surface area contributed by atoms with Crippen LogP contribution in [0.2, 0.25) is 0 Å². The van der Waals surface area contributed by atoms with Gasteiger partial charge < -0.3 is 19.5 Å². The van der Waals surface area contributed by atoms with Crippen LogP contribution in [0.4, 0.5) is 5.69 Å². The number of hydrogen-bond acceptors (Lipinski definition) is 4. The quantitative estimate of drug-likeness (QED) is 0.468. The largest absolute Gasteiger partial charge is 0.490 e. The second-order valence-corrected chi connectivity index (χ2v) is 8.12. The van der Waals surface area contributed by atoms with E-state index in [4.69, 9.17) is 14.2 Å². The molecular formula is C26H29NO4. The van der Waals surface area contributed by atoms with Gasteiger partial charge in [0.2, 0.25) is 0 Å². The molecule has 0 aliphatic rings. The molecule has 3 rings (SSSR count). The molecule has 0 unspecified atom stereocenters. The molecule has 0 heterocycles. The van der Waals surface area contributed by atoms with Gasteiger partial charge in [-0.1, -0.05) is 57.2 Å². The molecule has 5 heteroatoms. The summed E-state index contributed by atoms with van der Waals surface area (Å²) in [6.07, 6.45) is 0. The van der Waals surface area contributed by atoms with Crippen molar-refractivity contribution < 1.29 is 19.0 Å². The molecule has 0 saturated carbocycles. The van der Waals surface area contributed by atoms with E-state index in [1.807, 2.05) is 66.7 Å². The van der Waals surface area contributed by atoms with Crippen LogP contribution in [0.15, 0.2) is 78.9 Å². The van der Waals surface area contributed by atoms with E-state index < -0.39 is 0 Å². The molecule has 0 fully saturated rings. The summed E-state index contributed by atoms with van der Waals surface area (Å²) in [7, 11) is 0. The van der Waals surface area contributed by atoms with Crippen LogP contribution in [0, 0.1) is 0 Å². The van der Waals surface area contributed by atoms with E-state index in [-0.39, 0.29) is 17.9 Å². The molecule has 162 valence electrons. The fraction of sp³-hybridized carbons (Fsp3) is 0.269. The number of nitrogens with one attached hydrogen (secondary N) is 1. The van der Waals surface area contributed by atoms with Gasteiger partial charge in [-0.25, -0.2) is 0 Å². The fourth-order valence-electron chi connectivity index (χ4n) is 3.02. The summed E-state index contributed by atoms with van der Waals surface area (Å²) in [5, 5.41) is 2.84. The van der Waals surface area contributed by atoms with Crippen LogP contribution < -0.4 is 19.5 Å². The molecule has 0 aliphatic heterocycles. The van der Waals surface area contributed by atoms with Gasteiger partial charge in [0.25, 0.3) is 5.91 Å². The third kappa shape index (κ3) is 7.07. The molecule has 1 amide bonds. The van der Waals surface area contributed by atoms with Gasteiger partial charge in [0.15, 0.2) is 6.61 Å². The molecule has 0 aliphatic carbocycles. The molecule has 5 nitrogen and oxygen atoms in total. The van der Waals surface area contributed by atoms with Crippen molar-refractivity contribution in [2.75, 3.05) is 25.1 Å². The van der Waals surface area contributed by atoms with Crippen molar-refractivity contribution in [1.82, 2.24) is 0 Å². The minimum atomic E-state index is -0.214. The number of ether oxygens (including phenoxy) is 3. The van der Waals surface area contributed by atoms with E-state index in [9.17, 15) is 4.79 Å². The lowest BCUT2D eigenvalue weighted by molar-refractivity contribution is -0.118. The number of carbonyl (C=O) groups excluding carboxylic acids is 1. The molecule has 0 aromatic heterocycles. The summed E-state index contributed by atoms with van der Waals surface area (Å²) in [6, 6.07) is 24.6. The Labute approximate surface area is 184 Å². The Morgan fingerprint density at radius 3 is 1.97 bits per heavy atom. The highest BCUT2D eigenvalue weighted by molar-refractivity contribution is 5.91. The minimum Gasteiger partial charge on any atom is -0.490 e. The van der Waals surface area contributed by atoms with Gasteiger partial charge in [0, 0.05) is 5.69 Å². The number of anilines is 1.